The molecule has 28 heavy (non-hydrogen) atoms. The molecule has 0 unspecified atom stereocenters. The van der Waals surface area contributed by atoms with E-state index in [-0.39, 0.29) is 41.0 Å². The Hall–Kier alpha value is -2.13. The zero-order valence-electron chi connectivity index (χ0n) is 17.3. The number of carbonyl (C=O) groups is 1. The smallest absolute Gasteiger partial charge is 0.545 e. The summed E-state index contributed by atoms with van der Waals surface area (Å²) in [5.74, 6) is 4.40. The third kappa shape index (κ3) is 4.47. The van der Waals surface area contributed by atoms with Crippen molar-refractivity contribution in [3.63, 3.8) is 0 Å². The second-order valence-electron chi connectivity index (χ2n) is 8.65. The number of rotatable bonds is 2. The fourth-order valence-corrected chi connectivity index (χ4v) is 3.78. The number of carboxylic acids is 1. The van der Waals surface area contributed by atoms with Crippen LogP contribution in [-0.2, 0) is 17.3 Å². The number of aromatic hydroxyl groups is 1. The van der Waals surface area contributed by atoms with Crippen molar-refractivity contribution in [2.24, 2.45) is 0 Å². The molecule has 0 heterocycles. The molecule has 3 rings (SSSR count). The number of carbonyl (C=O) groups excluding carboxylic acids is 1. The molecule has 0 fully saturated rings. The molecule has 1 N–H and O–H groups in total. The van der Waals surface area contributed by atoms with Crippen LogP contribution in [0.3, 0.4) is 0 Å². The van der Waals surface area contributed by atoms with E-state index in [1.165, 1.54) is 41.7 Å². The van der Waals surface area contributed by atoms with Crippen LogP contribution in [0.2, 0.25) is 0 Å². The van der Waals surface area contributed by atoms with Gasteiger partial charge in [-0.1, -0.05) is 57.7 Å². The van der Waals surface area contributed by atoms with E-state index in [2.05, 4.69) is 57.7 Å². The maximum absolute atomic E-state index is 10.8. The number of hydrogen-bond acceptors (Lipinski definition) is 3. The molecule has 3 nitrogen and oxygen atoms in total. The first kappa shape index (κ1) is 22.2. The minimum atomic E-state index is -1.40. The van der Waals surface area contributed by atoms with Gasteiger partial charge in [0.25, 0.3) is 0 Å². The second kappa shape index (κ2) is 8.08. The van der Waals surface area contributed by atoms with Crippen molar-refractivity contribution in [3.05, 3.63) is 64.2 Å². The molecule has 0 spiro atoms. The van der Waals surface area contributed by atoms with E-state index in [0.29, 0.717) is 12.0 Å². The molecule has 0 radical (unpaired) electrons. The number of aromatic carboxylic acids is 1. The van der Waals surface area contributed by atoms with Crippen molar-refractivity contribution in [1.29, 1.82) is 0 Å². The summed E-state index contributed by atoms with van der Waals surface area (Å²) in [5.41, 5.74) is 4.74. The van der Waals surface area contributed by atoms with Crippen molar-refractivity contribution in [1.82, 2.24) is 0 Å². The molecule has 4 heteroatoms. The number of fused-ring (bicyclic) bond motifs is 1. The predicted molar refractivity (Wildman–Crippen MR) is 105 cm³/mol. The van der Waals surface area contributed by atoms with Crippen molar-refractivity contribution in [3.8, 4) is 17.6 Å². The molecule has 2 aromatic carbocycles. The van der Waals surface area contributed by atoms with Gasteiger partial charge in [-0.2, -0.15) is 0 Å². The number of benzene rings is 2. The van der Waals surface area contributed by atoms with Gasteiger partial charge in [0, 0.05) is 17.5 Å². The standard InChI is InChI=1S/C24H26O3.Li/c1-23(2)12-13-24(3,4)20-14-16(9-11-19(20)23)6-5-7-17-8-10-18(22(26)27)21(25)15-17;/h8-11,14-15,25H,6,12-13H2,1-4H3,(H,26,27);/q;+1/p-1. The second-order valence-corrected chi connectivity index (χ2v) is 8.65. The molecule has 2 aromatic rings. The van der Waals surface area contributed by atoms with Crippen LogP contribution < -0.4 is 24.0 Å². The van der Waals surface area contributed by atoms with Gasteiger partial charge in [-0.3, -0.25) is 0 Å². The van der Waals surface area contributed by atoms with E-state index >= 15 is 0 Å². The Morgan fingerprint density at radius 1 is 1.04 bits per heavy atom. The zero-order chi connectivity index (χ0) is 19.8. The molecule has 0 saturated heterocycles. The van der Waals surface area contributed by atoms with E-state index < -0.39 is 5.97 Å². The van der Waals surface area contributed by atoms with Gasteiger partial charge >= 0.3 is 18.9 Å². The number of carboxylic acid groups (broad SMARTS) is 1. The van der Waals surface area contributed by atoms with Crippen LogP contribution in [0.5, 0.6) is 5.75 Å². The molecule has 1 aliphatic carbocycles. The summed E-state index contributed by atoms with van der Waals surface area (Å²) in [7, 11) is 0. The maximum Gasteiger partial charge on any atom is 1.00 e. The van der Waals surface area contributed by atoms with E-state index in [1.807, 2.05) is 0 Å². The summed E-state index contributed by atoms with van der Waals surface area (Å²) in [6.07, 6.45) is 2.97. The molecule has 140 valence electrons. The molecule has 0 aliphatic heterocycles. The van der Waals surface area contributed by atoms with Gasteiger partial charge in [-0.25, -0.2) is 0 Å². The fraction of sp³-hybridized carbons (Fsp3) is 0.375. The van der Waals surface area contributed by atoms with E-state index in [0.717, 1.165) is 0 Å². The summed E-state index contributed by atoms with van der Waals surface area (Å²) in [5, 5.41) is 20.6. The summed E-state index contributed by atoms with van der Waals surface area (Å²) >= 11 is 0. The first-order valence-corrected chi connectivity index (χ1v) is 9.27. The van der Waals surface area contributed by atoms with Gasteiger partial charge in [0.05, 0.1) is 5.97 Å². The average molecular weight is 368 g/mol. The third-order valence-electron chi connectivity index (χ3n) is 5.66. The molecule has 1 aliphatic rings. The van der Waals surface area contributed by atoms with Crippen molar-refractivity contribution in [2.75, 3.05) is 0 Å². The van der Waals surface area contributed by atoms with Gasteiger partial charge in [-0.15, -0.1) is 0 Å². The summed E-state index contributed by atoms with van der Waals surface area (Å²) in [4.78, 5) is 10.8. The Kier molecular flexibility index (Phi) is 6.40. The summed E-state index contributed by atoms with van der Waals surface area (Å²) in [6, 6.07) is 10.9. The minimum absolute atomic E-state index is 0. The Bertz CT molecular complexity index is 962. The first-order valence-electron chi connectivity index (χ1n) is 9.27. The Labute approximate surface area is 179 Å². The van der Waals surface area contributed by atoms with Gasteiger partial charge < -0.3 is 15.0 Å². The SMILES string of the molecule is CC1(C)CCC(C)(C)c2cc(CC#Cc3ccc(C(=O)[O-])c(O)c3)ccc21.[Li+]. The van der Waals surface area contributed by atoms with Gasteiger partial charge in [0.1, 0.15) is 5.75 Å². The Balaban J connectivity index is 0.00000280. The molecule has 0 saturated carbocycles. The monoisotopic (exact) mass is 368 g/mol. The van der Waals surface area contributed by atoms with E-state index in [4.69, 9.17) is 0 Å². The predicted octanol–water partition coefficient (Wildman–Crippen LogP) is 0.703. The summed E-state index contributed by atoms with van der Waals surface area (Å²) < 4.78 is 0. The topological polar surface area (TPSA) is 60.4 Å². The quantitative estimate of drug-likeness (QED) is 0.627. The molecule has 0 amide bonds. The zero-order valence-corrected chi connectivity index (χ0v) is 17.3. The average Bonchev–Trinajstić information content (AvgIpc) is 2.59. The van der Waals surface area contributed by atoms with Gasteiger partial charge in [-0.05, 0) is 58.6 Å². The van der Waals surface area contributed by atoms with Gasteiger partial charge in [0.2, 0.25) is 0 Å². The largest absolute Gasteiger partial charge is 1.00 e. The Morgan fingerprint density at radius 2 is 1.68 bits per heavy atom. The van der Waals surface area contributed by atoms with Gasteiger partial charge in [0.15, 0.2) is 0 Å². The van der Waals surface area contributed by atoms with E-state index in [9.17, 15) is 15.0 Å². The summed E-state index contributed by atoms with van der Waals surface area (Å²) in [6.45, 7) is 9.23. The Morgan fingerprint density at radius 3 is 2.29 bits per heavy atom. The van der Waals surface area contributed by atoms with Crippen molar-refractivity contribution >= 4 is 5.97 Å². The van der Waals surface area contributed by atoms with Crippen LogP contribution >= 0.6 is 0 Å². The molecular formula is C24H25LiO3. The minimum Gasteiger partial charge on any atom is -0.545 e. The number of hydrogen-bond donors (Lipinski definition) is 1. The molecular weight excluding hydrogens is 343 g/mol. The molecule has 0 aromatic heterocycles. The number of phenols is 1. The fourth-order valence-electron chi connectivity index (χ4n) is 3.78. The molecule has 0 atom stereocenters. The third-order valence-corrected chi connectivity index (χ3v) is 5.66. The van der Waals surface area contributed by atoms with E-state index in [1.54, 1.807) is 6.07 Å². The van der Waals surface area contributed by atoms with Crippen molar-refractivity contribution in [2.45, 2.75) is 57.8 Å². The van der Waals surface area contributed by atoms with Crippen LogP contribution in [0.1, 0.15) is 73.1 Å². The van der Waals surface area contributed by atoms with Crippen LogP contribution in [-0.4, -0.2) is 11.1 Å². The first-order chi connectivity index (χ1) is 12.6. The molecule has 0 bridgehead atoms. The van der Waals surface area contributed by atoms with Crippen LogP contribution in [0.15, 0.2) is 36.4 Å². The van der Waals surface area contributed by atoms with Crippen LogP contribution in [0.25, 0.3) is 0 Å². The normalized spacial score (nSPS) is 16.1. The van der Waals surface area contributed by atoms with Crippen molar-refractivity contribution < 1.29 is 33.9 Å². The maximum atomic E-state index is 10.8. The van der Waals surface area contributed by atoms with Crippen LogP contribution in [0.4, 0.5) is 0 Å². The van der Waals surface area contributed by atoms with Crippen LogP contribution in [0, 0.1) is 11.8 Å².